The first-order valence-corrected chi connectivity index (χ1v) is 7.88. The predicted molar refractivity (Wildman–Crippen MR) is 72.1 cm³/mol. The summed E-state index contributed by atoms with van der Waals surface area (Å²) >= 11 is 0. The number of ether oxygens (including phenoxy) is 2. The molecule has 7 heteroatoms. The van der Waals surface area contributed by atoms with Crippen LogP contribution in [0.4, 0.5) is 0 Å². The first kappa shape index (κ1) is 14.8. The summed E-state index contributed by atoms with van der Waals surface area (Å²) in [7, 11) is -1.83. The molecule has 1 fully saturated rings. The third-order valence-electron chi connectivity index (χ3n) is 3.12. The fourth-order valence-electron chi connectivity index (χ4n) is 2.09. The maximum absolute atomic E-state index is 11.5. The van der Waals surface area contributed by atoms with Gasteiger partial charge in [0, 0.05) is 6.07 Å². The van der Waals surface area contributed by atoms with E-state index in [0.717, 1.165) is 0 Å². The standard InChI is InChI=1S/C13H16O6S/c1-8(14)10-4-3-9(18-2)5-12(10)19-13-7-20(16,17)6-11(13)15/h3-5,11,13,15H,6-7H2,1-2H3. The average Bonchev–Trinajstić information content (AvgIpc) is 2.61. The minimum atomic E-state index is -3.30. The van der Waals surface area contributed by atoms with Crippen LogP contribution in [0.2, 0.25) is 0 Å². The van der Waals surface area contributed by atoms with E-state index in [4.69, 9.17) is 9.47 Å². The first-order valence-electron chi connectivity index (χ1n) is 6.06. The molecule has 1 aliphatic rings. The number of methoxy groups -OCH3 is 1. The van der Waals surface area contributed by atoms with E-state index in [2.05, 4.69) is 0 Å². The number of hydrogen-bond acceptors (Lipinski definition) is 6. The number of carbonyl (C=O) groups is 1. The Kier molecular flexibility index (Phi) is 4.01. The minimum absolute atomic E-state index is 0.210. The molecule has 1 saturated heterocycles. The van der Waals surface area contributed by atoms with E-state index in [9.17, 15) is 18.3 Å². The van der Waals surface area contributed by atoms with Crippen LogP contribution in [0.25, 0.3) is 0 Å². The van der Waals surface area contributed by atoms with E-state index in [1.807, 2.05) is 0 Å². The molecule has 2 atom stereocenters. The molecule has 20 heavy (non-hydrogen) atoms. The number of ketones is 1. The summed E-state index contributed by atoms with van der Waals surface area (Å²) in [5.41, 5.74) is 0.322. The quantitative estimate of drug-likeness (QED) is 0.811. The highest BCUT2D eigenvalue weighted by Gasteiger charge is 2.38. The van der Waals surface area contributed by atoms with Gasteiger partial charge in [-0.3, -0.25) is 4.79 Å². The number of aliphatic hydroxyl groups excluding tert-OH is 1. The second-order valence-electron chi connectivity index (χ2n) is 4.72. The zero-order valence-corrected chi connectivity index (χ0v) is 12.0. The number of Topliss-reactive ketones (excluding diaryl/α,β-unsaturated/α-hetero) is 1. The fraction of sp³-hybridized carbons (Fsp3) is 0.462. The second-order valence-corrected chi connectivity index (χ2v) is 6.87. The maximum atomic E-state index is 11.5. The largest absolute Gasteiger partial charge is 0.497 e. The minimum Gasteiger partial charge on any atom is -0.497 e. The lowest BCUT2D eigenvalue weighted by Gasteiger charge is -2.18. The normalized spacial score (nSPS) is 24.4. The van der Waals surface area contributed by atoms with E-state index in [-0.39, 0.29) is 23.0 Å². The molecule has 1 aromatic carbocycles. The number of sulfone groups is 1. The lowest BCUT2D eigenvalue weighted by atomic mass is 10.1. The Morgan fingerprint density at radius 2 is 2.05 bits per heavy atom. The van der Waals surface area contributed by atoms with Gasteiger partial charge in [0.25, 0.3) is 0 Å². The van der Waals surface area contributed by atoms with Crippen LogP contribution in [0.5, 0.6) is 11.5 Å². The van der Waals surface area contributed by atoms with Crippen molar-refractivity contribution in [2.45, 2.75) is 19.1 Å². The SMILES string of the molecule is COc1ccc(C(C)=O)c(OC2CS(=O)(=O)CC2O)c1. The summed E-state index contributed by atoms with van der Waals surface area (Å²) in [6, 6.07) is 4.67. The summed E-state index contributed by atoms with van der Waals surface area (Å²) in [4.78, 5) is 11.5. The van der Waals surface area contributed by atoms with E-state index < -0.39 is 22.0 Å². The molecule has 0 bridgehead atoms. The molecule has 1 heterocycles. The summed E-state index contributed by atoms with van der Waals surface area (Å²) in [6.45, 7) is 1.39. The average molecular weight is 300 g/mol. The van der Waals surface area contributed by atoms with Gasteiger partial charge in [0.2, 0.25) is 0 Å². The van der Waals surface area contributed by atoms with Crippen LogP contribution < -0.4 is 9.47 Å². The van der Waals surface area contributed by atoms with Crippen LogP contribution in [0.15, 0.2) is 18.2 Å². The van der Waals surface area contributed by atoms with Gasteiger partial charge in [0.15, 0.2) is 15.6 Å². The zero-order valence-electron chi connectivity index (χ0n) is 11.2. The molecule has 110 valence electrons. The zero-order chi connectivity index (χ0) is 14.9. The third-order valence-corrected chi connectivity index (χ3v) is 4.80. The van der Waals surface area contributed by atoms with Crippen molar-refractivity contribution in [1.29, 1.82) is 0 Å². The van der Waals surface area contributed by atoms with Crippen LogP contribution in [0, 0.1) is 0 Å². The summed E-state index contributed by atoms with van der Waals surface area (Å²) in [6.07, 6.45) is -1.96. The lowest BCUT2D eigenvalue weighted by molar-refractivity contribution is 0.0721. The summed E-state index contributed by atoms with van der Waals surface area (Å²) in [5.74, 6) is -0.0870. The highest BCUT2D eigenvalue weighted by Crippen LogP contribution is 2.28. The van der Waals surface area contributed by atoms with Crippen molar-refractivity contribution in [1.82, 2.24) is 0 Å². The third kappa shape index (κ3) is 3.10. The monoisotopic (exact) mass is 300 g/mol. The first-order chi connectivity index (χ1) is 9.32. The molecule has 6 nitrogen and oxygen atoms in total. The number of aliphatic hydroxyl groups is 1. The van der Waals surface area contributed by atoms with Gasteiger partial charge in [0.05, 0.1) is 24.2 Å². The summed E-state index contributed by atoms with van der Waals surface area (Å²) < 4.78 is 33.5. The Hall–Kier alpha value is -1.60. The topological polar surface area (TPSA) is 89.9 Å². The van der Waals surface area contributed by atoms with Gasteiger partial charge < -0.3 is 14.6 Å². The fourth-order valence-corrected chi connectivity index (χ4v) is 3.75. The molecule has 0 saturated carbocycles. The van der Waals surface area contributed by atoms with Crippen molar-refractivity contribution in [3.05, 3.63) is 23.8 Å². The van der Waals surface area contributed by atoms with Crippen LogP contribution in [0.3, 0.4) is 0 Å². The van der Waals surface area contributed by atoms with Gasteiger partial charge in [-0.25, -0.2) is 8.42 Å². The second kappa shape index (κ2) is 5.41. The Balaban J connectivity index is 2.30. The molecule has 0 aliphatic carbocycles. The van der Waals surface area contributed by atoms with Gasteiger partial charge in [0.1, 0.15) is 23.7 Å². The molecule has 0 amide bonds. The number of carbonyl (C=O) groups excluding carboxylic acids is 1. The van der Waals surface area contributed by atoms with Crippen LogP contribution >= 0.6 is 0 Å². The van der Waals surface area contributed by atoms with E-state index in [1.165, 1.54) is 20.1 Å². The van der Waals surface area contributed by atoms with Crippen molar-refractivity contribution in [3.8, 4) is 11.5 Å². The molecule has 1 aliphatic heterocycles. The molecular formula is C13H16O6S. The Morgan fingerprint density at radius 1 is 1.35 bits per heavy atom. The maximum Gasteiger partial charge on any atom is 0.163 e. The van der Waals surface area contributed by atoms with Crippen molar-refractivity contribution >= 4 is 15.6 Å². The van der Waals surface area contributed by atoms with Crippen molar-refractivity contribution < 1.29 is 27.8 Å². The Labute approximate surface area is 117 Å². The van der Waals surface area contributed by atoms with Crippen molar-refractivity contribution in [2.75, 3.05) is 18.6 Å². The molecule has 1 N–H and O–H groups in total. The van der Waals surface area contributed by atoms with Gasteiger partial charge in [-0.15, -0.1) is 0 Å². The molecule has 2 rings (SSSR count). The molecule has 1 aromatic rings. The van der Waals surface area contributed by atoms with Crippen molar-refractivity contribution in [3.63, 3.8) is 0 Å². The molecule has 0 spiro atoms. The van der Waals surface area contributed by atoms with Crippen LogP contribution in [-0.2, 0) is 9.84 Å². The van der Waals surface area contributed by atoms with Gasteiger partial charge in [-0.05, 0) is 19.1 Å². The smallest absolute Gasteiger partial charge is 0.163 e. The number of rotatable bonds is 4. The van der Waals surface area contributed by atoms with Gasteiger partial charge in [-0.2, -0.15) is 0 Å². The van der Waals surface area contributed by atoms with Crippen LogP contribution in [-0.4, -0.2) is 50.1 Å². The molecule has 2 unspecified atom stereocenters. The molecule has 0 aromatic heterocycles. The van der Waals surface area contributed by atoms with E-state index in [1.54, 1.807) is 12.1 Å². The van der Waals surface area contributed by atoms with Gasteiger partial charge in [-0.1, -0.05) is 0 Å². The summed E-state index contributed by atoms with van der Waals surface area (Å²) in [5, 5.41) is 9.72. The van der Waals surface area contributed by atoms with E-state index in [0.29, 0.717) is 11.3 Å². The number of benzene rings is 1. The van der Waals surface area contributed by atoms with E-state index >= 15 is 0 Å². The lowest BCUT2D eigenvalue weighted by Crippen LogP contribution is -2.30. The highest BCUT2D eigenvalue weighted by molar-refractivity contribution is 7.91. The number of hydrogen-bond donors (Lipinski definition) is 1. The molecular weight excluding hydrogens is 284 g/mol. The Bertz CT molecular complexity index is 622. The van der Waals surface area contributed by atoms with Crippen molar-refractivity contribution in [2.24, 2.45) is 0 Å². The van der Waals surface area contributed by atoms with Crippen LogP contribution in [0.1, 0.15) is 17.3 Å². The highest BCUT2D eigenvalue weighted by atomic mass is 32.2. The van der Waals surface area contributed by atoms with Gasteiger partial charge >= 0.3 is 0 Å². The predicted octanol–water partition coefficient (Wildman–Crippen LogP) is 0.434. The molecule has 0 radical (unpaired) electrons. The Morgan fingerprint density at radius 3 is 2.55 bits per heavy atom.